The van der Waals surface area contributed by atoms with Crippen molar-refractivity contribution < 1.29 is 43.0 Å². The van der Waals surface area contributed by atoms with Crippen LogP contribution in [0.5, 0.6) is 0 Å². The maximum absolute atomic E-state index is 14.7. The standard InChI is InChI=1S/C45H80N6O9/c1-28(2)25-34-39(53)50-37(31-21-17-16-18-22-31)41(55)48-33(26-46-43(57)60-45(8,9)10)38(52)49-36(30(4)59-44(5,6)7)40(54)47-29(3)27-58-35-24-20-15-13-12-14-19-23-32(35)42(56)51(34)11/h28-37H,12-27H2,1-11H3,(H,46,57)(H,47,54)(H,48,55)(H,49,52)(H,50,53)/t29-,30+,32-,33+,34+,35-,36+,37?/m1/s1. The lowest BCUT2D eigenvalue weighted by Gasteiger charge is -2.37. The fourth-order valence-electron chi connectivity index (χ4n) is 8.59. The molecule has 2 saturated carbocycles. The van der Waals surface area contributed by atoms with E-state index < -0.39 is 89.3 Å². The lowest BCUT2D eigenvalue weighted by atomic mass is 9.83. The van der Waals surface area contributed by atoms with Gasteiger partial charge in [0.05, 0.1) is 36.9 Å². The molecule has 8 atom stereocenters. The highest BCUT2D eigenvalue weighted by Crippen LogP contribution is 2.30. The Morgan fingerprint density at radius 1 is 0.750 bits per heavy atom. The molecule has 60 heavy (non-hydrogen) atoms. The first-order valence-corrected chi connectivity index (χ1v) is 22.8. The molecule has 0 aromatic carbocycles. The smallest absolute Gasteiger partial charge is 0.407 e. The molecule has 3 rings (SSSR count). The Morgan fingerprint density at radius 2 is 1.33 bits per heavy atom. The summed E-state index contributed by atoms with van der Waals surface area (Å²) in [6.07, 6.45) is 9.61. The van der Waals surface area contributed by atoms with Gasteiger partial charge in [0.1, 0.15) is 29.8 Å². The zero-order valence-corrected chi connectivity index (χ0v) is 38.7. The van der Waals surface area contributed by atoms with Crippen LogP contribution in [0, 0.1) is 17.8 Å². The van der Waals surface area contributed by atoms with E-state index in [1.165, 1.54) is 0 Å². The lowest BCUT2D eigenvalue weighted by Crippen LogP contribution is -2.63. The van der Waals surface area contributed by atoms with E-state index in [4.69, 9.17) is 14.2 Å². The van der Waals surface area contributed by atoms with Gasteiger partial charge in [-0.3, -0.25) is 24.0 Å². The first-order valence-electron chi connectivity index (χ1n) is 22.8. The summed E-state index contributed by atoms with van der Waals surface area (Å²) in [5, 5.41) is 14.3. The van der Waals surface area contributed by atoms with Gasteiger partial charge in [-0.05, 0) is 99.3 Å². The zero-order chi connectivity index (χ0) is 44.8. The number of hydrogen-bond acceptors (Lipinski definition) is 9. The molecule has 2 aliphatic carbocycles. The number of nitrogens with zero attached hydrogens (tertiary/aromatic N) is 1. The zero-order valence-electron chi connectivity index (χ0n) is 38.7. The number of fused-ring (bicyclic) bond motifs is 1. The molecule has 1 heterocycles. The molecule has 3 aliphatic rings. The Labute approximate surface area is 360 Å². The van der Waals surface area contributed by atoms with Crippen molar-refractivity contribution >= 4 is 35.6 Å². The number of hydrogen-bond donors (Lipinski definition) is 5. The number of ether oxygens (including phenoxy) is 3. The van der Waals surface area contributed by atoms with Crippen LogP contribution in [0.2, 0.25) is 0 Å². The summed E-state index contributed by atoms with van der Waals surface area (Å²) in [5.41, 5.74) is -1.51. The number of carbonyl (C=O) groups is 6. The maximum atomic E-state index is 14.7. The van der Waals surface area contributed by atoms with Crippen LogP contribution in [0.1, 0.15) is 159 Å². The SMILES string of the molecule is CC(C)C[C@H]1C(=O)NC(C2CCCCC2)C(=O)N[C@@H](CNC(=O)OC(C)(C)C)C(=O)N[C@@H]([C@H](C)OC(C)(C)C)C(=O)N[C@H](C)CO[C@@H]2CCCCCCCC[C@H]2C(=O)N1C. The molecule has 15 nitrogen and oxygen atoms in total. The van der Waals surface area contributed by atoms with E-state index in [-0.39, 0.29) is 30.9 Å². The van der Waals surface area contributed by atoms with Gasteiger partial charge in [0.2, 0.25) is 29.5 Å². The van der Waals surface area contributed by atoms with Crippen LogP contribution in [0.15, 0.2) is 0 Å². The third kappa shape index (κ3) is 17.1. The van der Waals surface area contributed by atoms with Crippen molar-refractivity contribution in [3.05, 3.63) is 0 Å². The van der Waals surface area contributed by atoms with E-state index in [1.54, 1.807) is 46.6 Å². The lowest BCUT2D eigenvalue weighted by molar-refractivity contribution is -0.148. The van der Waals surface area contributed by atoms with E-state index >= 15 is 0 Å². The van der Waals surface area contributed by atoms with Crippen molar-refractivity contribution in [3.63, 3.8) is 0 Å². The van der Waals surface area contributed by atoms with E-state index in [0.717, 1.165) is 57.8 Å². The minimum absolute atomic E-state index is 0.0460. The molecule has 0 aromatic rings. The Balaban J connectivity index is 2.15. The average Bonchev–Trinajstić information content (AvgIpc) is 3.15. The van der Waals surface area contributed by atoms with Crippen molar-refractivity contribution in [1.29, 1.82) is 0 Å². The quantitative estimate of drug-likeness (QED) is 0.227. The highest BCUT2D eigenvalue weighted by atomic mass is 16.6. The van der Waals surface area contributed by atoms with Gasteiger partial charge >= 0.3 is 6.09 Å². The molecule has 0 bridgehead atoms. The number of rotatable bonds is 7. The van der Waals surface area contributed by atoms with Crippen LogP contribution in [-0.4, -0.2) is 114 Å². The molecule has 344 valence electrons. The van der Waals surface area contributed by atoms with Crippen LogP contribution in [0.4, 0.5) is 4.79 Å². The second-order valence-corrected chi connectivity index (χ2v) is 19.9. The van der Waals surface area contributed by atoms with Gasteiger partial charge in [0.25, 0.3) is 0 Å². The Hall–Kier alpha value is -3.46. The molecule has 5 N–H and O–H groups in total. The van der Waals surface area contributed by atoms with Crippen LogP contribution in [0.3, 0.4) is 0 Å². The molecule has 0 spiro atoms. The molecule has 1 unspecified atom stereocenters. The van der Waals surface area contributed by atoms with Gasteiger partial charge in [-0.15, -0.1) is 0 Å². The topological polar surface area (TPSA) is 194 Å². The van der Waals surface area contributed by atoms with Crippen LogP contribution in [-0.2, 0) is 38.2 Å². The molecular formula is C45H80N6O9. The Morgan fingerprint density at radius 3 is 1.93 bits per heavy atom. The summed E-state index contributed by atoms with van der Waals surface area (Å²) in [6, 6.07) is -5.03. The van der Waals surface area contributed by atoms with Crippen molar-refractivity contribution in [2.45, 2.75) is 213 Å². The highest BCUT2D eigenvalue weighted by Gasteiger charge is 2.41. The van der Waals surface area contributed by atoms with Crippen molar-refractivity contribution in [1.82, 2.24) is 31.5 Å². The second-order valence-electron chi connectivity index (χ2n) is 19.9. The number of nitrogens with one attached hydrogen (secondary N) is 5. The van der Waals surface area contributed by atoms with Crippen LogP contribution in [0.25, 0.3) is 0 Å². The van der Waals surface area contributed by atoms with Crippen molar-refractivity contribution in [2.75, 3.05) is 20.2 Å². The molecule has 3 fully saturated rings. The Kier molecular flexibility index (Phi) is 20.1. The van der Waals surface area contributed by atoms with Gasteiger partial charge in [-0.1, -0.05) is 71.6 Å². The summed E-state index contributed by atoms with van der Waals surface area (Å²) >= 11 is 0. The number of likely N-dealkylation sites (N-methyl/N-ethyl adjacent to an activating group) is 1. The molecule has 6 amide bonds. The molecular weight excluding hydrogens is 769 g/mol. The monoisotopic (exact) mass is 849 g/mol. The Bertz CT molecular complexity index is 1420. The predicted molar refractivity (Wildman–Crippen MR) is 231 cm³/mol. The first kappa shape index (κ1) is 50.9. The van der Waals surface area contributed by atoms with Crippen molar-refractivity contribution in [3.8, 4) is 0 Å². The summed E-state index contributed by atoms with van der Waals surface area (Å²) in [4.78, 5) is 86.9. The largest absolute Gasteiger partial charge is 0.444 e. The fourth-order valence-corrected chi connectivity index (χ4v) is 8.59. The van der Waals surface area contributed by atoms with Gasteiger partial charge in [-0.25, -0.2) is 4.79 Å². The summed E-state index contributed by atoms with van der Waals surface area (Å²) in [7, 11) is 1.68. The minimum atomic E-state index is -1.38. The predicted octanol–water partition coefficient (Wildman–Crippen LogP) is 5.28. The average molecular weight is 849 g/mol. The molecule has 1 aliphatic heterocycles. The van der Waals surface area contributed by atoms with Gasteiger partial charge in [0, 0.05) is 13.1 Å². The first-order chi connectivity index (χ1) is 28.1. The van der Waals surface area contributed by atoms with E-state index in [9.17, 15) is 28.8 Å². The number of amides is 6. The van der Waals surface area contributed by atoms with Crippen LogP contribution >= 0.6 is 0 Å². The van der Waals surface area contributed by atoms with E-state index in [2.05, 4.69) is 26.6 Å². The molecule has 0 radical (unpaired) electrons. The van der Waals surface area contributed by atoms with E-state index in [0.29, 0.717) is 32.1 Å². The molecule has 15 heteroatoms. The van der Waals surface area contributed by atoms with Gasteiger partial charge in [-0.2, -0.15) is 0 Å². The second kappa shape index (κ2) is 23.7. The van der Waals surface area contributed by atoms with Crippen molar-refractivity contribution in [2.24, 2.45) is 17.8 Å². The van der Waals surface area contributed by atoms with Gasteiger partial charge < -0.3 is 45.7 Å². The third-order valence-corrected chi connectivity index (χ3v) is 11.6. The minimum Gasteiger partial charge on any atom is -0.444 e. The maximum Gasteiger partial charge on any atom is 0.407 e. The van der Waals surface area contributed by atoms with E-state index in [1.807, 2.05) is 34.6 Å². The summed E-state index contributed by atoms with van der Waals surface area (Å²) in [5.74, 6) is -3.19. The third-order valence-electron chi connectivity index (χ3n) is 11.6. The number of carbonyl (C=O) groups excluding carboxylic acids is 6. The summed E-state index contributed by atoms with van der Waals surface area (Å²) in [6.45, 7) is 17.9. The molecule has 0 aromatic heterocycles. The van der Waals surface area contributed by atoms with Crippen LogP contribution < -0.4 is 26.6 Å². The normalized spacial score (nSPS) is 29.0. The fraction of sp³-hybridized carbons (Fsp3) is 0.867. The highest BCUT2D eigenvalue weighted by molar-refractivity contribution is 5.96. The van der Waals surface area contributed by atoms with Gasteiger partial charge in [0.15, 0.2) is 0 Å². The number of alkyl carbamates (subject to hydrolysis) is 1. The summed E-state index contributed by atoms with van der Waals surface area (Å²) < 4.78 is 18.2. The molecule has 1 saturated heterocycles.